The van der Waals surface area contributed by atoms with E-state index in [1.807, 2.05) is 0 Å². The number of hydrogen-bond acceptors (Lipinski definition) is 4. The Bertz CT molecular complexity index is 367. The van der Waals surface area contributed by atoms with E-state index in [4.69, 9.17) is 4.74 Å². The second-order valence-electron chi connectivity index (χ2n) is 4.51. The monoisotopic (exact) mass is 238 g/mol. The fraction of sp³-hybridized carbons (Fsp3) is 0.667. The normalized spacial score (nSPS) is 28.9. The van der Waals surface area contributed by atoms with Crippen molar-refractivity contribution in [1.82, 2.24) is 9.97 Å². The molecule has 0 amide bonds. The van der Waals surface area contributed by atoms with Crippen LogP contribution in [0.4, 0.5) is 0 Å². The molecule has 0 atom stereocenters. The van der Waals surface area contributed by atoms with Gasteiger partial charge in [-0.25, -0.2) is 4.98 Å². The van der Waals surface area contributed by atoms with E-state index in [-0.39, 0.29) is 11.9 Å². The highest BCUT2D eigenvalue weighted by atomic mass is 16.5. The molecular weight excluding hydrogens is 220 g/mol. The molecule has 1 aromatic rings. The molecular formula is C12H18N2O3. The van der Waals surface area contributed by atoms with Gasteiger partial charge >= 0.3 is 5.97 Å². The van der Waals surface area contributed by atoms with Crippen molar-refractivity contribution in [1.29, 1.82) is 0 Å². The van der Waals surface area contributed by atoms with Gasteiger partial charge in [0.15, 0.2) is 0 Å². The zero-order valence-electron chi connectivity index (χ0n) is 9.98. The second-order valence-corrected chi connectivity index (χ2v) is 4.51. The first-order valence-electron chi connectivity index (χ1n) is 6.04. The van der Waals surface area contributed by atoms with Crippen molar-refractivity contribution in [3.63, 3.8) is 0 Å². The Labute approximate surface area is 100 Å². The Kier molecular flexibility index (Phi) is 3.47. The number of hydrogen-bond donors (Lipinski definition) is 2. The lowest BCUT2D eigenvalue weighted by Crippen LogP contribution is -2.34. The van der Waals surface area contributed by atoms with E-state index in [1.165, 1.54) is 0 Å². The maximum atomic E-state index is 11.6. The van der Waals surface area contributed by atoms with Crippen molar-refractivity contribution in [2.24, 2.45) is 5.92 Å². The third-order valence-electron chi connectivity index (χ3n) is 3.41. The van der Waals surface area contributed by atoms with E-state index in [1.54, 1.807) is 19.4 Å². The molecule has 2 N–H and O–H groups in total. The van der Waals surface area contributed by atoms with Crippen LogP contribution in [0.1, 0.15) is 38.3 Å². The first kappa shape index (κ1) is 12.1. The van der Waals surface area contributed by atoms with Crippen LogP contribution in [-0.4, -0.2) is 27.7 Å². The zero-order chi connectivity index (χ0) is 12.3. The topological polar surface area (TPSA) is 75.2 Å². The number of rotatable bonds is 3. The first-order valence-corrected chi connectivity index (χ1v) is 6.04. The minimum Gasteiger partial charge on any atom is -0.466 e. The summed E-state index contributed by atoms with van der Waals surface area (Å²) in [5, 5.41) is 10.4. The van der Waals surface area contributed by atoms with E-state index in [9.17, 15) is 9.90 Å². The Morgan fingerprint density at radius 2 is 2.35 bits per heavy atom. The van der Waals surface area contributed by atoms with E-state index in [0.29, 0.717) is 38.0 Å². The van der Waals surface area contributed by atoms with Crippen LogP contribution in [0.5, 0.6) is 0 Å². The summed E-state index contributed by atoms with van der Waals surface area (Å²) >= 11 is 0. The number of ether oxygens (including phenoxy) is 1. The minimum absolute atomic E-state index is 0.0748. The number of aromatic amines is 1. The van der Waals surface area contributed by atoms with E-state index in [0.717, 1.165) is 0 Å². The van der Waals surface area contributed by atoms with Crippen molar-refractivity contribution < 1.29 is 14.6 Å². The molecule has 0 saturated heterocycles. The van der Waals surface area contributed by atoms with Crippen molar-refractivity contribution in [2.45, 2.75) is 38.2 Å². The summed E-state index contributed by atoms with van der Waals surface area (Å²) in [5.41, 5.74) is -0.219. The highest BCUT2D eigenvalue weighted by molar-refractivity contribution is 5.72. The predicted octanol–water partition coefficient (Wildman–Crippen LogP) is 1.35. The molecule has 5 nitrogen and oxygen atoms in total. The van der Waals surface area contributed by atoms with Gasteiger partial charge in [0, 0.05) is 6.20 Å². The number of imidazole rings is 1. The lowest BCUT2D eigenvalue weighted by atomic mass is 9.77. The molecule has 5 heteroatoms. The Morgan fingerprint density at radius 1 is 1.65 bits per heavy atom. The Hall–Kier alpha value is -1.36. The van der Waals surface area contributed by atoms with Gasteiger partial charge in [-0.2, -0.15) is 0 Å². The minimum atomic E-state index is -0.886. The summed E-state index contributed by atoms with van der Waals surface area (Å²) in [5.74, 6) is -0.217. The Morgan fingerprint density at radius 3 is 2.88 bits per heavy atom. The molecule has 94 valence electrons. The standard InChI is InChI=1S/C12H18N2O3/c1-2-17-11(15)9-3-5-12(16,6-4-9)10-7-13-8-14-10/h7-9,16H,2-6H2,1H3,(H,13,14)/t9-,12-. The van der Waals surface area contributed by atoms with Crippen LogP contribution < -0.4 is 0 Å². The van der Waals surface area contributed by atoms with E-state index >= 15 is 0 Å². The number of carbonyl (C=O) groups is 1. The van der Waals surface area contributed by atoms with Crippen molar-refractivity contribution >= 4 is 5.97 Å². The molecule has 1 heterocycles. The smallest absolute Gasteiger partial charge is 0.308 e. The van der Waals surface area contributed by atoms with Gasteiger partial charge in [-0.3, -0.25) is 4.79 Å². The third-order valence-corrected chi connectivity index (χ3v) is 3.41. The van der Waals surface area contributed by atoms with E-state index in [2.05, 4.69) is 9.97 Å². The number of nitrogens with zero attached hydrogens (tertiary/aromatic N) is 1. The number of esters is 1. The summed E-state index contributed by atoms with van der Waals surface area (Å²) in [6.07, 6.45) is 5.70. The van der Waals surface area contributed by atoms with E-state index < -0.39 is 5.60 Å². The Balaban J connectivity index is 1.96. The fourth-order valence-corrected chi connectivity index (χ4v) is 2.36. The van der Waals surface area contributed by atoms with Crippen LogP contribution in [0.15, 0.2) is 12.5 Å². The van der Waals surface area contributed by atoms with Crippen molar-refractivity contribution in [3.8, 4) is 0 Å². The van der Waals surface area contributed by atoms with Gasteiger partial charge in [-0.1, -0.05) is 0 Å². The van der Waals surface area contributed by atoms with Crippen LogP contribution in [0.2, 0.25) is 0 Å². The summed E-state index contributed by atoms with van der Waals surface area (Å²) in [4.78, 5) is 18.5. The van der Waals surface area contributed by atoms with Gasteiger partial charge in [0.25, 0.3) is 0 Å². The molecule has 0 aliphatic heterocycles. The summed E-state index contributed by atoms with van der Waals surface area (Å²) in [7, 11) is 0. The lowest BCUT2D eigenvalue weighted by Gasteiger charge is -2.33. The van der Waals surface area contributed by atoms with Crippen molar-refractivity contribution in [3.05, 3.63) is 18.2 Å². The summed E-state index contributed by atoms with van der Waals surface area (Å²) in [6.45, 7) is 2.22. The van der Waals surface area contributed by atoms with Crippen LogP contribution in [-0.2, 0) is 15.1 Å². The molecule has 1 saturated carbocycles. The lowest BCUT2D eigenvalue weighted by molar-refractivity contribution is -0.151. The van der Waals surface area contributed by atoms with Gasteiger partial charge in [0.05, 0.1) is 24.5 Å². The molecule has 2 rings (SSSR count). The maximum Gasteiger partial charge on any atom is 0.308 e. The number of aromatic nitrogens is 2. The summed E-state index contributed by atoms with van der Waals surface area (Å²) in [6, 6.07) is 0. The van der Waals surface area contributed by atoms with Crippen molar-refractivity contribution in [2.75, 3.05) is 6.61 Å². The number of aliphatic hydroxyl groups is 1. The average molecular weight is 238 g/mol. The van der Waals surface area contributed by atoms with Gasteiger partial charge in [-0.05, 0) is 32.6 Å². The predicted molar refractivity (Wildman–Crippen MR) is 61.1 cm³/mol. The SMILES string of the molecule is CCOC(=O)[C@H]1CC[C@@](O)(c2c[nH]cn2)CC1. The molecule has 0 radical (unpaired) electrons. The summed E-state index contributed by atoms with van der Waals surface area (Å²) < 4.78 is 5.00. The molecule has 17 heavy (non-hydrogen) atoms. The molecule has 1 aliphatic rings. The molecule has 0 unspecified atom stereocenters. The number of nitrogens with one attached hydrogen (secondary N) is 1. The molecule has 1 fully saturated rings. The largest absolute Gasteiger partial charge is 0.466 e. The van der Waals surface area contributed by atoms with Gasteiger partial charge in [0.1, 0.15) is 5.60 Å². The van der Waals surface area contributed by atoms with Gasteiger partial charge in [0.2, 0.25) is 0 Å². The zero-order valence-corrected chi connectivity index (χ0v) is 9.98. The van der Waals surface area contributed by atoms with Crippen LogP contribution >= 0.6 is 0 Å². The maximum absolute atomic E-state index is 11.6. The molecule has 1 aromatic heterocycles. The van der Waals surface area contributed by atoms with Gasteiger partial charge in [-0.15, -0.1) is 0 Å². The highest BCUT2D eigenvalue weighted by Gasteiger charge is 2.38. The van der Waals surface area contributed by atoms with Gasteiger partial charge < -0.3 is 14.8 Å². The first-order chi connectivity index (χ1) is 8.15. The fourth-order valence-electron chi connectivity index (χ4n) is 2.36. The average Bonchev–Trinajstić information content (AvgIpc) is 2.84. The number of carbonyl (C=O) groups excluding carboxylic acids is 1. The molecule has 1 aliphatic carbocycles. The molecule has 0 spiro atoms. The second kappa shape index (κ2) is 4.87. The quantitative estimate of drug-likeness (QED) is 0.779. The highest BCUT2D eigenvalue weighted by Crippen LogP contribution is 2.38. The molecule has 0 bridgehead atoms. The van der Waals surface area contributed by atoms with Crippen LogP contribution in [0, 0.1) is 5.92 Å². The van der Waals surface area contributed by atoms with Crippen LogP contribution in [0.3, 0.4) is 0 Å². The van der Waals surface area contributed by atoms with Crippen LogP contribution in [0.25, 0.3) is 0 Å². The number of H-pyrrole nitrogens is 1. The third kappa shape index (κ3) is 2.49. The molecule has 0 aromatic carbocycles.